The van der Waals surface area contributed by atoms with Crippen molar-refractivity contribution in [1.29, 1.82) is 0 Å². The van der Waals surface area contributed by atoms with E-state index in [9.17, 15) is 4.79 Å². The maximum Gasteiger partial charge on any atom is 0.410 e. The first-order chi connectivity index (χ1) is 9.19. The summed E-state index contributed by atoms with van der Waals surface area (Å²) in [5.74, 6) is 0. The number of hydrogen-bond acceptors (Lipinski definition) is 3. The van der Waals surface area contributed by atoms with Gasteiger partial charge in [-0.25, -0.2) is 4.79 Å². The molecule has 1 heterocycles. The molecule has 0 atom stereocenters. The van der Waals surface area contributed by atoms with Crippen LogP contribution in [0.25, 0.3) is 0 Å². The lowest BCUT2D eigenvalue weighted by atomic mass is 10.1. The van der Waals surface area contributed by atoms with Crippen LogP contribution in [0.1, 0.15) is 30.9 Å². The van der Waals surface area contributed by atoms with Crippen LogP contribution >= 0.6 is 0 Å². The third-order valence-electron chi connectivity index (χ3n) is 3.59. The molecule has 1 aliphatic rings. The zero-order valence-electron chi connectivity index (χ0n) is 11.5. The molecule has 19 heavy (non-hydrogen) atoms. The van der Waals surface area contributed by atoms with Crippen molar-refractivity contribution in [2.45, 2.75) is 38.8 Å². The van der Waals surface area contributed by atoms with Crippen LogP contribution in [0.2, 0.25) is 0 Å². The number of nitrogens with two attached hydrogens (primary N) is 1. The summed E-state index contributed by atoms with van der Waals surface area (Å²) in [6, 6.07) is 8.40. The van der Waals surface area contributed by atoms with E-state index in [0.29, 0.717) is 19.7 Å². The number of rotatable bonds is 3. The fraction of sp³-hybridized carbons (Fsp3) is 0.533. The van der Waals surface area contributed by atoms with E-state index >= 15 is 0 Å². The summed E-state index contributed by atoms with van der Waals surface area (Å²) in [7, 11) is 0. The Morgan fingerprint density at radius 2 is 1.84 bits per heavy atom. The van der Waals surface area contributed by atoms with Crippen molar-refractivity contribution in [3.63, 3.8) is 0 Å². The molecule has 0 radical (unpaired) electrons. The molecule has 0 bridgehead atoms. The Labute approximate surface area is 114 Å². The molecule has 4 nitrogen and oxygen atoms in total. The number of hydrogen-bond donors (Lipinski definition) is 1. The van der Waals surface area contributed by atoms with Crippen molar-refractivity contribution in [2.75, 3.05) is 13.1 Å². The minimum atomic E-state index is -0.230. The van der Waals surface area contributed by atoms with Gasteiger partial charge in [-0.2, -0.15) is 0 Å². The zero-order chi connectivity index (χ0) is 13.7. The average molecular weight is 262 g/mol. The lowest BCUT2D eigenvalue weighted by molar-refractivity contribution is 0.0873. The number of nitrogens with zero attached hydrogens (tertiary/aromatic N) is 1. The molecule has 0 aromatic heterocycles. The van der Waals surface area contributed by atoms with E-state index in [1.54, 1.807) is 4.90 Å². The molecular weight excluding hydrogens is 240 g/mol. The van der Waals surface area contributed by atoms with Gasteiger partial charge in [0.15, 0.2) is 0 Å². The van der Waals surface area contributed by atoms with Gasteiger partial charge in [0.1, 0.15) is 6.61 Å². The number of carbonyl (C=O) groups excluding carboxylic acids is 1. The molecule has 2 rings (SSSR count). The predicted octanol–water partition coefficient (Wildman–Crippen LogP) is 2.31. The highest BCUT2D eigenvalue weighted by Crippen LogP contribution is 2.11. The van der Waals surface area contributed by atoms with Gasteiger partial charge in [0.05, 0.1) is 0 Å². The molecule has 1 aliphatic heterocycles. The molecule has 1 aromatic rings. The Balaban J connectivity index is 1.79. The number of amides is 1. The first-order valence-electron chi connectivity index (χ1n) is 6.94. The van der Waals surface area contributed by atoms with Gasteiger partial charge in [-0.05, 0) is 30.4 Å². The Kier molecular flexibility index (Phi) is 4.80. The van der Waals surface area contributed by atoms with Crippen LogP contribution in [-0.4, -0.2) is 30.1 Å². The lowest BCUT2D eigenvalue weighted by Gasteiger charge is -2.29. The fourth-order valence-corrected chi connectivity index (χ4v) is 2.19. The highest BCUT2D eigenvalue weighted by atomic mass is 16.6. The Morgan fingerprint density at radius 3 is 2.42 bits per heavy atom. The normalized spacial score (nSPS) is 16.4. The largest absolute Gasteiger partial charge is 0.445 e. The van der Waals surface area contributed by atoms with Gasteiger partial charge in [-0.15, -0.1) is 0 Å². The number of aryl methyl sites for hydroxylation is 1. The standard InChI is InChI=1S/C15H22N2O2/c1-2-12-3-5-13(6-4-12)11-19-15(18)17-9-7-14(16)8-10-17/h3-6,14H,2,7-11,16H2,1H3. The van der Waals surface area contributed by atoms with E-state index in [1.807, 2.05) is 12.1 Å². The van der Waals surface area contributed by atoms with E-state index < -0.39 is 0 Å². The monoisotopic (exact) mass is 262 g/mol. The van der Waals surface area contributed by atoms with Crippen molar-refractivity contribution < 1.29 is 9.53 Å². The van der Waals surface area contributed by atoms with E-state index in [4.69, 9.17) is 10.5 Å². The third-order valence-corrected chi connectivity index (χ3v) is 3.59. The van der Waals surface area contributed by atoms with Crippen LogP contribution in [0.3, 0.4) is 0 Å². The van der Waals surface area contributed by atoms with Crippen molar-refractivity contribution in [3.8, 4) is 0 Å². The highest BCUT2D eigenvalue weighted by Gasteiger charge is 2.21. The number of likely N-dealkylation sites (tertiary alicyclic amines) is 1. The average Bonchev–Trinajstić information content (AvgIpc) is 2.46. The van der Waals surface area contributed by atoms with Crippen molar-refractivity contribution >= 4 is 6.09 Å². The first kappa shape index (κ1) is 13.9. The Hall–Kier alpha value is -1.55. The molecule has 0 spiro atoms. The topological polar surface area (TPSA) is 55.6 Å². The van der Waals surface area contributed by atoms with Crippen molar-refractivity contribution in [2.24, 2.45) is 5.73 Å². The van der Waals surface area contributed by atoms with E-state index in [0.717, 1.165) is 24.8 Å². The van der Waals surface area contributed by atoms with Gasteiger partial charge >= 0.3 is 6.09 Å². The molecule has 4 heteroatoms. The maximum absolute atomic E-state index is 11.9. The van der Waals surface area contributed by atoms with E-state index in [2.05, 4.69) is 19.1 Å². The van der Waals surface area contributed by atoms with Crippen molar-refractivity contribution in [1.82, 2.24) is 4.90 Å². The predicted molar refractivity (Wildman–Crippen MR) is 74.8 cm³/mol. The van der Waals surface area contributed by atoms with Crippen LogP contribution in [0, 0.1) is 0 Å². The smallest absolute Gasteiger partial charge is 0.410 e. The summed E-state index contributed by atoms with van der Waals surface area (Å²) < 4.78 is 5.32. The van der Waals surface area contributed by atoms with Gasteiger partial charge in [0, 0.05) is 19.1 Å². The molecule has 1 aromatic carbocycles. The molecule has 0 aliphatic carbocycles. The molecule has 1 saturated heterocycles. The SMILES string of the molecule is CCc1ccc(COC(=O)N2CCC(N)CC2)cc1. The quantitative estimate of drug-likeness (QED) is 0.909. The van der Waals surface area contributed by atoms with Gasteiger partial charge in [0.2, 0.25) is 0 Å². The first-order valence-corrected chi connectivity index (χ1v) is 6.94. The third kappa shape index (κ3) is 3.96. The number of carbonyl (C=O) groups is 1. The summed E-state index contributed by atoms with van der Waals surface area (Å²) in [4.78, 5) is 13.6. The minimum absolute atomic E-state index is 0.227. The van der Waals surface area contributed by atoms with Gasteiger partial charge in [0.25, 0.3) is 0 Å². The van der Waals surface area contributed by atoms with Crippen LogP contribution in [0.4, 0.5) is 4.79 Å². The zero-order valence-corrected chi connectivity index (χ0v) is 11.5. The molecule has 0 unspecified atom stereocenters. The van der Waals surface area contributed by atoms with Gasteiger partial charge < -0.3 is 15.4 Å². The summed E-state index contributed by atoms with van der Waals surface area (Å²) in [5, 5.41) is 0. The number of benzene rings is 1. The minimum Gasteiger partial charge on any atom is -0.445 e. The molecule has 1 amide bonds. The highest BCUT2D eigenvalue weighted by molar-refractivity contribution is 5.67. The Morgan fingerprint density at radius 1 is 1.26 bits per heavy atom. The second-order valence-corrected chi connectivity index (χ2v) is 5.05. The number of ether oxygens (including phenoxy) is 1. The van der Waals surface area contributed by atoms with Crippen LogP contribution in [0.5, 0.6) is 0 Å². The van der Waals surface area contributed by atoms with Crippen LogP contribution in [-0.2, 0) is 17.8 Å². The van der Waals surface area contributed by atoms with E-state index in [-0.39, 0.29) is 12.1 Å². The van der Waals surface area contributed by atoms with Crippen molar-refractivity contribution in [3.05, 3.63) is 35.4 Å². The summed E-state index contributed by atoms with van der Waals surface area (Å²) in [6.07, 6.45) is 2.51. The lowest BCUT2D eigenvalue weighted by Crippen LogP contribution is -2.43. The molecule has 104 valence electrons. The summed E-state index contributed by atoms with van der Waals surface area (Å²) in [5.41, 5.74) is 8.13. The molecule has 2 N–H and O–H groups in total. The summed E-state index contributed by atoms with van der Waals surface area (Å²) in [6.45, 7) is 3.87. The van der Waals surface area contributed by atoms with Crippen LogP contribution in [0.15, 0.2) is 24.3 Å². The second kappa shape index (κ2) is 6.57. The fourth-order valence-electron chi connectivity index (χ4n) is 2.19. The second-order valence-electron chi connectivity index (χ2n) is 5.05. The van der Waals surface area contributed by atoms with Gasteiger partial charge in [-0.3, -0.25) is 0 Å². The molecular formula is C15H22N2O2. The molecule has 1 fully saturated rings. The summed E-state index contributed by atoms with van der Waals surface area (Å²) >= 11 is 0. The maximum atomic E-state index is 11.9. The van der Waals surface area contributed by atoms with Gasteiger partial charge in [-0.1, -0.05) is 31.2 Å². The van der Waals surface area contributed by atoms with Crippen LogP contribution < -0.4 is 5.73 Å². The number of piperidine rings is 1. The van der Waals surface area contributed by atoms with E-state index in [1.165, 1.54) is 5.56 Å². The Bertz CT molecular complexity index is 409. The molecule has 0 saturated carbocycles.